The van der Waals surface area contributed by atoms with Crippen LogP contribution in [0.3, 0.4) is 0 Å². The highest BCUT2D eigenvalue weighted by Gasteiger charge is 2.50. The molecule has 1 aliphatic heterocycles. The largest absolute Gasteiger partial charge is 0.324 e. The Morgan fingerprint density at radius 3 is 2.00 bits per heavy atom. The van der Waals surface area contributed by atoms with Crippen LogP contribution in [0.15, 0.2) is 36.4 Å². The van der Waals surface area contributed by atoms with Crippen molar-refractivity contribution in [2.75, 3.05) is 5.32 Å². The Kier molecular flexibility index (Phi) is 4.75. The normalized spacial score (nSPS) is 23.8. The molecule has 1 aliphatic carbocycles. The summed E-state index contributed by atoms with van der Waals surface area (Å²) in [4.78, 5) is 38.8. The van der Waals surface area contributed by atoms with Crippen LogP contribution in [-0.4, -0.2) is 28.7 Å². The van der Waals surface area contributed by atoms with Crippen molar-refractivity contribution >= 4 is 23.4 Å². The number of nitrogens with zero attached hydrogens (tertiary/aromatic N) is 1. The van der Waals surface area contributed by atoms with E-state index in [1.54, 1.807) is 6.92 Å². The number of amides is 3. The Hall–Kier alpha value is -2.43. The fourth-order valence-electron chi connectivity index (χ4n) is 3.52. The average molecular weight is 340 g/mol. The molecule has 1 aromatic rings. The average Bonchev–Trinajstić information content (AvgIpc) is 2.86. The molecule has 0 aromatic heterocycles. The number of hydrogen-bond donors (Lipinski definition) is 1. The maximum absolute atomic E-state index is 12.6. The SMILES string of the molecule is CC(C)c1ccc(NC(=O)[C@H](C)N2C(=O)[C@H]3CC=CC[C@@H]3C2=O)cc1. The van der Waals surface area contributed by atoms with Crippen molar-refractivity contribution in [1.29, 1.82) is 0 Å². The Morgan fingerprint density at radius 1 is 1.00 bits per heavy atom. The van der Waals surface area contributed by atoms with Crippen molar-refractivity contribution in [3.05, 3.63) is 42.0 Å². The van der Waals surface area contributed by atoms with Gasteiger partial charge in [0.2, 0.25) is 17.7 Å². The molecule has 0 spiro atoms. The van der Waals surface area contributed by atoms with Gasteiger partial charge in [-0.1, -0.05) is 38.1 Å². The second kappa shape index (κ2) is 6.82. The summed E-state index contributed by atoms with van der Waals surface area (Å²) in [5, 5.41) is 2.81. The van der Waals surface area contributed by atoms with E-state index in [1.807, 2.05) is 36.4 Å². The van der Waals surface area contributed by atoms with Gasteiger partial charge >= 0.3 is 0 Å². The quantitative estimate of drug-likeness (QED) is 0.676. The number of hydrogen-bond acceptors (Lipinski definition) is 3. The highest BCUT2D eigenvalue weighted by molar-refractivity contribution is 6.10. The molecule has 0 bridgehead atoms. The molecule has 3 rings (SSSR count). The van der Waals surface area contributed by atoms with Gasteiger partial charge in [-0.05, 0) is 43.4 Å². The van der Waals surface area contributed by atoms with E-state index in [4.69, 9.17) is 0 Å². The molecule has 0 unspecified atom stereocenters. The van der Waals surface area contributed by atoms with Crippen LogP contribution < -0.4 is 5.32 Å². The number of anilines is 1. The van der Waals surface area contributed by atoms with Crippen LogP contribution in [0.2, 0.25) is 0 Å². The second-order valence-electron chi connectivity index (χ2n) is 7.14. The number of benzene rings is 1. The number of rotatable bonds is 4. The first-order valence-corrected chi connectivity index (χ1v) is 8.83. The van der Waals surface area contributed by atoms with E-state index >= 15 is 0 Å². The molecule has 3 atom stereocenters. The molecule has 1 fully saturated rings. The topological polar surface area (TPSA) is 66.5 Å². The zero-order valence-electron chi connectivity index (χ0n) is 14.9. The van der Waals surface area contributed by atoms with Crippen LogP contribution in [0.4, 0.5) is 5.69 Å². The van der Waals surface area contributed by atoms with Gasteiger partial charge in [-0.25, -0.2) is 0 Å². The summed E-state index contributed by atoms with van der Waals surface area (Å²) in [6.45, 7) is 5.82. The van der Waals surface area contributed by atoms with Gasteiger partial charge in [0.1, 0.15) is 6.04 Å². The third-order valence-corrected chi connectivity index (χ3v) is 5.15. The van der Waals surface area contributed by atoms with Gasteiger partial charge in [0.25, 0.3) is 0 Å². The maximum atomic E-state index is 12.6. The molecule has 25 heavy (non-hydrogen) atoms. The van der Waals surface area contributed by atoms with Crippen molar-refractivity contribution < 1.29 is 14.4 Å². The van der Waals surface area contributed by atoms with E-state index in [0.29, 0.717) is 24.4 Å². The zero-order chi connectivity index (χ0) is 18.1. The molecule has 1 saturated heterocycles. The number of likely N-dealkylation sites (tertiary alicyclic amines) is 1. The molecule has 2 aliphatic rings. The predicted molar refractivity (Wildman–Crippen MR) is 95.8 cm³/mol. The third kappa shape index (κ3) is 3.23. The highest BCUT2D eigenvalue weighted by atomic mass is 16.2. The summed E-state index contributed by atoms with van der Waals surface area (Å²) < 4.78 is 0. The lowest BCUT2D eigenvalue weighted by atomic mass is 9.85. The van der Waals surface area contributed by atoms with Gasteiger partial charge in [-0.15, -0.1) is 0 Å². The monoisotopic (exact) mass is 340 g/mol. The lowest BCUT2D eigenvalue weighted by molar-refractivity contribution is -0.146. The standard InChI is InChI=1S/C20H24N2O3/c1-12(2)14-8-10-15(11-9-14)21-18(23)13(3)22-19(24)16-6-4-5-7-17(16)20(22)25/h4-5,8-13,16-17H,6-7H2,1-3H3,(H,21,23)/t13-,16-,17-/m0/s1. The number of nitrogens with one attached hydrogen (secondary N) is 1. The van der Waals surface area contributed by atoms with E-state index in [-0.39, 0.29) is 29.6 Å². The molecular weight excluding hydrogens is 316 g/mol. The van der Waals surface area contributed by atoms with Crippen LogP contribution >= 0.6 is 0 Å². The van der Waals surface area contributed by atoms with Crippen molar-refractivity contribution in [3.63, 3.8) is 0 Å². The number of allylic oxidation sites excluding steroid dienone is 2. The van der Waals surface area contributed by atoms with Gasteiger partial charge in [-0.2, -0.15) is 0 Å². The molecule has 5 heteroatoms. The first-order valence-electron chi connectivity index (χ1n) is 8.83. The molecule has 1 aromatic carbocycles. The van der Waals surface area contributed by atoms with Crippen LogP contribution in [0, 0.1) is 11.8 Å². The zero-order valence-corrected chi connectivity index (χ0v) is 14.9. The van der Waals surface area contributed by atoms with Crippen molar-refractivity contribution in [3.8, 4) is 0 Å². The maximum Gasteiger partial charge on any atom is 0.247 e. The van der Waals surface area contributed by atoms with Crippen molar-refractivity contribution in [1.82, 2.24) is 4.90 Å². The smallest absolute Gasteiger partial charge is 0.247 e. The fourth-order valence-corrected chi connectivity index (χ4v) is 3.52. The minimum Gasteiger partial charge on any atom is -0.324 e. The first-order chi connectivity index (χ1) is 11.9. The summed E-state index contributed by atoms with van der Waals surface area (Å²) in [5.41, 5.74) is 1.85. The van der Waals surface area contributed by atoms with Gasteiger partial charge in [0, 0.05) is 5.69 Å². The summed E-state index contributed by atoms with van der Waals surface area (Å²) in [7, 11) is 0. The summed E-state index contributed by atoms with van der Waals surface area (Å²) in [5.74, 6) is -0.989. The molecule has 1 heterocycles. The van der Waals surface area contributed by atoms with E-state index in [0.717, 1.165) is 4.90 Å². The van der Waals surface area contributed by atoms with Crippen LogP contribution in [0.1, 0.15) is 45.1 Å². The second-order valence-corrected chi connectivity index (χ2v) is 7.14. The Bertz CT molecular complexity index is 695. The Balaban J connectivity index is 1.70. The molecule has 0 saturated carbocycles. The minimum absolute atomic E-state index is 0.225. The highest BCUT2D eigenvalue weighted by Crippen LogP contribution is 2.36. The predicted octanol–water partition coefficient (Wildman–Crippen LogP) is 3.09. The van der Waals surface area contributed by atoms with Crippen molar-refractivity contribution in [2.45, 2.75) is 45.6 Å². The van der Waals surface area contributed by atoms with Crippen LogP contribution in [-0.2, 0) is 14.4 Å². The fraction of sp³-hybridized carbons (Fsp3) is 0.450. The third-order valence-electron chi connectivity index (χ3n) is 5.15. The molecule has 0 radical (unpaired) electrons. The molecule has 5 nitrogen and oxygen atoms in total. The van der Waals surface area contributed by atoms with Gasteiger partial charge < -0.3 is 5.32 Å². The molecule has 3 amide bonds. The van der Waals surface area contributed by atoms with Gasteiger partial charge in [-0.3, -0.25) is 19.3 Å². The summed E-state index contributed by atoms with van der Waals surface area (Å²) in [6, 6.07) is 6.82. The number of carbonyl (C=O) groups is 3. The Morgan fingerprint density at radius 2 is 1.52 bits per heavy atom. The van der Waals surface area contributed by atoms with Crippen LogP contribution in [0.5, 0.6) is 0 Å². The van der Waals surface area contributed by atoms with E-state index in [1.165, 1.54) is 5.56 Å². The number of carbonyl (C=O) groups excluding carboxylic acids is 3. The van der Waals surface area contributed by atoms with Crippen molar-refractivity contribution in [2.24, 2.45) is 11.8 Å². The lowest BCUT2D eigenvalue weighted by Crippen LogP contribution is -2.46. The summed E-state index contributed by atoms with van der Waals surface area (Å²) >= 11 is 0. The lowest BCUT2D eigenvalue weighted by Gasteiger charge is -2.22. The van der Waals surface area contributed by atoms with Crippen LogP contribution in [0.25, 0.3) is 0 Å². The molecule has 132 valence electrons. The van der Waals surface area contributed by atoms with E-state index < -0.39 is 6.04 Å². The minimum atomic E-state index is -0.810. The van der Waals surface area contributed by atoms with E-state index in [9.17, 15) is 14.4 Å². The number of fused-ring (bicyclic) bond motifs is 1. The Labute approximate surface area is 148 Å². The van der Waals surface area contributed by atoms with E-state index in [2.05, 4.69) is 19.2 Å². The summed E-state index contributed by atoms with van der Waals surface area (Å²) in [6.07, 6.45) is 5.04. The molecule has 1 N–H and O–H groups in total. The first kappa shape index (κ1) is 17.4. The number of imide groups is 1. The van der Waals surface area contributed by atoms with Gasteiger partial charge in [0.05, 0.1) is 11.8 Å². The van der Waals surface area contributed by atoms with Gasteiger partial charge in [0.15, 0.2) is 0 Å². The molecular formula is C20H24N2O3.